The molecule has 0 spiro atoms. The molecule has 2 aromatic carbocycles. The molecule has 3 N–H and O–H groups in total. The summed E-state index contributed by atoms with van der Waals surface area (Å²) in [4.78, 5) is 0. The van der Waals surface area contributed by atoms with E-state index >= 15 is 0 Å². The van der Waals surface area contributed by atoms with Gasteiger partial charge in [0.1, 0.15) is 11.5 Å². The number of hydrogen-bond donors (Lipinski definition) is 3. The maximum atomic E-state index is 7.17. The van der Waals surface area contributed by atoms with Crippen LogP contribution in [-0.4, -0.2) is 22.4 Å². The highest BCUT2D eigenvalue weighted by atomic mass is 16.5. The van der Waals surface area contributed by atoms with E-state index in [4.69, 9.17) is 19.8 Å². The molecule has 0 bridgehead atoms. The van der Waals surface area contributed by atoms with Crippen LogP contribution in [0.5, 0.6) is 11.5 Å². The highest BCUT2D eigenvalue weighted by Gasteiger charge is 1.93. The van der Waals surface area contributed by atoms with E-state index in [1.807, 2.05) is 60.7 Å². The lowest BCUT2D eigenvalue weighted by atomic mass is 10.3. The molecule has 17 heavy (non-hydrogen) atoms. The lowest BCUT2D eigenvalue weighted by molar-refractivity contribution is 0.278. The molecule has 0 saturated heterocycles. The van der Waals surface area contributed by atoms with Crippen LogP contribution in [0.1, 0.15) is 0 Å². The van der Waals surface area contributed by atoms with Crippen LogP contribution in [-0.2, 0) is 0 Å². The van der Waals surface area contributed by atoms with Crippen molar-refractivity contribution in [3.8, 4) is 11.5 Å². The zero-order chi connectivity index (χ0) is 12.5. The zero-order valence-corrected chi connectivity index (χ0v) is 9.10. The summed E-state index contributed by atoms with van der Waals surface area (Å²) in [5.41, 5.74) is 0. The van der Waals surface area contributed by atoms with Crippen molar-refractivity contribution < 1.29 is 19.8 Å². The average molecular weight is 232 g/mol. The molecule has 0 saturated carbocycles. The molecular weight excluding hydrogens is 219 g/mol. The first kappa shape index (κ1) is 13.3. The number of rotatable bonds is 2. The van der Waals surface area contributed by atoms with Crippen molar-refractivity contribution in [1.82, 2.24) is 0 Å². The number of para-hydroxylation sites is 2. The zero-order valence-electron chi connectivity index (χ0n) is 9.10. The molecule has 0 amide bonds. The van der Waals surface area contributed by atoms with Gasteiger partial charge in [0.05, 0.1) is 0 Å². The molecule has 0 aliphatic rings. The van der Waals surface area contributed by atoms with Crippen LogP contribution >= 0.6 is 0 Å². The van der Waals surface area contributed by atoms with Gasteiger partial charge in [0.25, 0.3) is 0 Å². The van der Waals surface area contributed by atoms with Gasteiger partial charge >= 0.3 is 7.32 Å². The van der Waals surface area contributed by atoms with Gasteiger partial charge in [-0.1, -0.05) is 36.4 Å². The van der Waals surface area contributed by atoms with Crippen LogP contribution in [0.3, 0.4) is 0 Å². The van der Waals surface area contributed by atoms with Gasteiger partial charge in [-0.25, -0.2) is 0 Å². The van der Waals surface area contributed by atoms with Crippen LogP contribution < -0.4 is 4.74 Å². The molecule has 4 nitrogen and oxygen atoms in total. The Balaban J connectivity index is 0.000000317. The Morgan fingerprint density at radius 3 is 1.24 bits per heavy atom. The van der Waals surface area contributed by atoms with Gasteiger partial charge in [-0.3, -0.25) is 0 Å². The standard InChI is InChI=1S/C12H10O.BH3O3/c1-3-7-11(8-4-1)13-12-9-5-2-6-10-12;2-1(3)4/h1-10H;2-4H. The van der Waals surface area contributed by atoms with Crippen molar-refractivity contribution in [2.75, 3.05) is 0 Å². The summed E-state index contributed by atoms with van der Waals surface area (Å²) in [7, 11) is -2.17. The molecule has 0 heterocycles. The fourth-order valence-electron chi connectivity index (χ4n) is 1.11. The maximum absolute atomic E-state index is 7.17. The largest absolute Gasteiger partial charge is 0.631 e. The smallest absolute Gasteiger partial charge is 0.457 e. The predicted molar refractivity (Wildman–Crippen MR) is 65.4 cm³/mol. The van der Waals surface area contributed by atoms with E-state index in [2.05, 4.69) is 0 Å². The predicted octanol–water partition coefficient (Wildman–Crippen LogP) is 1.43. The van der Waals surface area contributed by atoms with E-state index in [9.17, 15) is 0 Å². The van der Waals surface area contributed by atoms with E-state index in [0.29, 0.717) is 0 Å². The summed E-state index contributed by atoms with van der Waals surface area (Å²) in [5.74, 6) is 1.74. The summed E-state index contributed by atoms with van der Waals surface area (Å²) < 4.78 is 5.58. The monoisotopic (exact) mass is 232 g/mol. The fraction of sp³-hybridized carbons (Fsp3) is 0. The Morgan fingerprint density at radius 1 is 0.647 bits per heavy atom. The molecule has 0 atom stereocenters. The molecule has 0 aromatic heterocycles. The van der Waals surface area contributed by atoms with Crippen molar-refractivity contribution in [1.29, 1.82) is 0 Å². The van der Waals surface area contributed by atoms with Gasteiger partial charge in [-0.2, -0.15) is 0 Å². The first-order valence-electron chi connectivity index (χ1n) is 5.00. The van der Waals surface area contributed by atoms with Crippen LogP contribution in [0.15, 0.2) is 60.7 Å². The van der Waals surface area contributed by atoms with E-state index in [0.717, 1.165) is 11.5 Å². The Hall–Kier alpha value is -1.82. The van der Waals surface area contributed by atoms with Crippen LogP contribution in [0.4, 0.5) is 0 Å². The Morgan fingerprint density at radius 2 is 0.941 bits per heavy atom. The number of benzene rings is 2. The molecule has 2 aromatic rings. The molecule has 0 aliphatic carbocycles. The first-order chi connectivity index (χ1) is 8.18. The minimum atomic E-state index is -2.17. The average Bonchev–Trinajstić information content (AvgIpc) is 2.31. The first-order valence-corrected chi connectivity index (χ1v) is 5.00. The Kier molecular flexibility index (Phi) is 5.81. The number of hydrogen-bond acceptors (Lipinski definition) is 4. The molecule has 2 rings (SSSR count). The molecule has 5 heteroatoms. The second-order valence-corrected chi connectivity index (χ2v) is 3.07. The van der Waals surface area contributed by atoms with Crippen LogP contribution in [0.2, 0.25) is 0 Å². The summed E-state index contributed by atoms with van der Waals surface area (Å²) in [6.07, 6.45) is 0. The highest BCUT2D eigenvalue weighted by Crippen LogP contribution is 2.19. The third-order valence-electron chi connectivity index (χ3n) is 1.72. The topological polar surface area (TPSA) is 69.9 Å². The lowest BCUT2D eigenvalue weighted by Crippen LogP contribution is -2.07. The van der Waals surface area contributed by atoms with Crippen molar-refractivity contribution in [3.63, 3.8) is 0 Å². The summed E-state index contributed by atoms with van der Waals surface area (Å²) in [6, 6.07) is 19.5. The SMILES string of the molecule is OB(O)O.c1ccc(Oc2ccccc2)cc1. The van der Waals surface area contributed by atoms with Crippen molar-refractivity contribution in [3.05, 3.63) is 60.7 Å². The fourth-order valence-corrected chi connectivity index (χ4v) is 1.11. The van der Waals surface area contributed by atoms with Crippen LogP contribution in [0, 0.1) is 0 Å². The van der Waals surface area contributed by atoms with E-state index in [-0.39, 0.29) is 0 Å². The normalized spacial score (nSPS) is 8.88. The molecule has 88 valence electrons. The quantitative estimate of drug-likeness (QED) is 0.685. The highest BCUT2D eigenvalue weighted by molar-refractivity contribution is 6.30. The van der Waals surface area contributed by atoms with E-state index in [1.54, 1.807) is 0 Å². The van der Waals surface area contributed by atoms with Gasteiger partial charge in [0, 0.05) is 0 Å². The molecule has 0 fully saturated rings. The second kappa shape index (κ2) is 7.46. The van der Waals surface area contributed by atoms with E-state index in [1.165, 1.54) is 0 Å². The second-order valence-electron chi connectivity index (χ2n) is 3.07. The van der Waals surface area contributed by atoms with Gasteiger partial charge in [0.15, 0.2) is 0 Å². The summed E-state index contributed by atoms with van der Waals surface area (Å²) in [6.45, 7) is 0. The van der Waals surface area contributed by atoms with Gasteiger partial charge in [-0.15, -0.1) is 0 Å². The molecular formula is C12H13BO4. The third-order valence-corrected chi connectivity index (χ3v) is 1.72. The van der Waals surface area contributed by atoms with Gasteiger partial charge in [0.2, 0.25) is 0 Å². The van der Waals surface area contributed by atoms with Crippen molar-refractivity contribution in [2.45, 2.75) is 0 Å². The van der Waals surface area contributed by atoms with Crippen molar-refractivity contribution in [2.24, 2.45) is 0 Å². The molecule has 0 radical (unpaired) electrons. The molecule has 0 aliphatic heterocycles. The Labute approximate surface area is 99.9 Å². The van der Waals surface area contributed by atoms with E-state index < -0.39 is 7.32 Å². The number of ether oxygens (including phenoxy) is 1. The molecule has 0 unspecified atom stereocenters. The minimum absolute atomic E-state index is 0.869. The van der Waals surface area contributed by atoms with Gasteiger partial charge < -0.3 is 19.8 Å². The van der Waals surface area contributed by atoms with Crippen molar-refractivity contribution >= 4 is 7.32 Å². The summed E-state index contributed by atoms with van der Waals surface area (Å²) >= 11 is 0. The lowest BCUT2D eigenvalue weighted by Gasteiger charge is -2.03. The Bertz CT molecular complexity index is 365. The van der Waals surface area contributed by atoms with Crippen LogP contribution in [0.25, 0.3) is 0 Å². The minimum Gasteiger partial charge on any atom is -0.457 e. The third kappa shape index (κ3) is 6.37. The maximum Gasteiger partial charge on any atom is 0.631 e. The van der Waals surface area contributed by atoms with Gasteiger partial charge in [-0.05, 0) is 24.3 Å². The summed E-state index contributed by atoms with van der Waals surface area (Å²) in [5, 5.41) is 21.5.